The van der Waals surface area contributed by atoms with Crippen LogP contribution in [0.15, 0.2) is 48.5 Å². The summed E-state index contributed by atoms with van der Waals surface area (Å²) in [4.78, 5) is 41.4. The Balaban J connectivity index is 0.000000652. The van der Waals surface area contributed by atoms with Gasteiger partial charge >= 0.3 is 11.6 Å². The van der Waals surface area contributed by atoms with E-state index in [1.165, 1.54) is 48.5 Å². The summed E-state index contributed by atoms with van der Waals surface area (Å²) in [6.07, 6.45) is 0.363. The highest BCUT2D eigenvalue weighted by molar-refractivity contribution is 6.61. The van der Waals surface area contributed by atoms with Gasteiger partial charge in [-0.05, 0) is 58.4 Å². The first kappa shape index (κ1) is 37.1. The number of hydrogen-bond acceptors (Lipinski definition) is 12. The van der Waals surface area contributed by atoms with E-state index in [9.17, 15) is 29.8 Å². The minimum atomic E-state index is -0.978. The molecule has 0 spiro atoms. The molecule has 2 rings (SSSR count). The topological polar surface area (TPSA) is 187 Å². The lowest BCUT2D eigenvalue weighted by atomic mass is 10.1. The van der Waals surface area contributed by atoms with E-state index in [0.717, 1.165) is 0 Å². The predicted molar refractivity (Wildman–Crippen MR) is 149 cm³/mol. The zero-order valence-electron chi connectivity index (χ0n) is 23.7. The number of halogens is 1. The number of benzene rings is 2. The molecule has 0 fully saturated rings. The lowest BCUT2D eigenvalue weighted by molar-refractivity contribution is -0.385. The number of carbonyl (C=O) groups is 2. The van der Waals surface area contributed by atoms with Crippen molar-refractivity contribution in [2.75, 3.05) is 27.4 Å². The largest absolute Gasteiger partial charge is 0.514 e. The van der Waals surface area contributed by atoms with E-state index in [0.29, 0.717) is 26.1 Å². The molecule has 15 heteroatoms. The van der Waals surface area contributed by atoms with Crippen molar-refractivity contribution in [3.05, 3.63) is 68.8 Å². The molecular formula is C26H35ClN2O12. The van der Waals surface area contributed by atoms with Crippen molar-refractivity contribution in [3.8, 4) is 11.5 Å². The third-order valence-electron chi connectivity index (χ3n) is 4.68. The van der Waals surface area contributed by atoms with E-state index in [1.807, 2.05) is 0 Å². The maximum Gasteiger partial charge on any atom is 0.514 e. The van der Waals surface area contributed by atoms with Crippen molar-refractivity contribution in [1.29, 1.82) is 0 Å². The Bertz CT molecular complexity index is 1100. The fraction of sp³-hybridized carbons (Fsp3) is 0.462. The number of carbonyl (C=O) groups excluding carboxylic acids is 2. The monoisotopic (exact) mass is 602 g/mol. The number of ether oxygens (including phenoxy) is 5. The van der Waals surface area contributed by atoms with Crippen molar-refractivity contribution in [2.45, 2.75) is 51.7 Å². The van der Waals surface area contributed by atoms with E-state index in [1.54, 1.807) is 41.9 Å². The Morgan fingerprint density at radius 2 is 1.17 bits per heavy atom. The molecule has 14 nitrogen and oxygen atoms in total. The molecule has 0 aliphatic carbocycles. The molecule has 0 aliphatic rings. The second kappa shape index (κ2) is 18.5. The number of methoxy groups -OCH3 is 2. The Morgan fingerprint density at radius 3 is 1.49 bits per heavy atom. The molecule has 0 heterocycles. The van der Waals surface area contributed by atoms with Gasteiger partial charge in [-0.15, -0.1) is 0 Å². The van der Waals surface area contributed by atoms with Crippen molar-refractivity contribution in [1.82, 2.24) is 0 Å². The van der Waals surface area contributed by atoms with Gasteiger partial charge in [-0.25, -0.2) is 9.59 Å². The number of non-ortho nitro benzene ring substituents is 2. The number of nitrogens with zero attached hydrogens (tertiary/aromatic N) is 2. The summed E-state index contributed by atoms with van der Waals surface area (Å²) in [5.74, 6) is 0.355. The lowest BCUT2D eigenvalue weighted by Crippen LogP contribution is -2.31. The van der Waals surface area contributed by atoms with Crippen LogP contribution < -0.4 is 9.47 Å². The summed E-state index contributed by atoms with van der Waals surface area (Å²) < 4.78 is 24.2. The zero-order chi connectivity index (χ0) is 31.6. The van der Waals surface area contributed by atoms with Crippen LogP contribution in [0, 0.1) is 20.2 Å². The zero-order valence-corrected chi connectivity index (χ0v) is 24.4. The predicted octanol–water partition coefficient (Wildman–Crippen LogP) is 6.05. The fourth-order valence-electron chi connectivity index (χ4n) is 2.46. The van der Waals surface area contributed by atoms with Crippen LogP contribution in [0.3, 0.4) is 0 Å². The third-order valence-corrected chi connectivity index (χ3v) is 4.76. The van der Waals surface area contributed by atoms with Crippen molar-refractivity contribution < 1.29 is 48.2 Å². The van der Waals surface area contributed by atoms with E-state index in [-0.39, 0.29) is 22.9 Å². The van der Waals surface area contributed by atoms with E-state index in [4.69, 9.17) is 35.7 Å². The molecule has 0 saturated carbocycles. The summed E-state index contributed by atoms with van der Waals surface area (Å²) in [5, 5.41) is 29.8. The van der Waals surface area contributed by atoms with E-state index in [2.05, 4.69) is 4.74 Å². The molecule has 1 N–H and O–H groups in total. The summed E-state index contributed by atoms with van der Waals surface area (Å²) in [7, 11) is 3.19. The van der Waals surface area contributed by atoms with Gasteiger partial charge in [-0.1, -0.05) is 0 Å². The molecule has 0 atom stereocenters. The second-order valence-corrected chi connectivity index (χ2v) is 9.66. The SMILES string of the molecule is COCCC(C)(C)O.COCCC(C)(C)OC(=O)Oc1ccc([N+](=O)[O-])cc1.O=C(Cl)Oc1ccc([N+](=O)[O-])cc1. The van der Waals surface area contributed by atoms with Gasteiger partial charge in [-0.2, -0.15) is 0 Å². The number of hydrogen-bond donors (Lipinski definition) is 1. The van der Waals surface area contributed by atoms with Gasteiger partial charge in [0, 0.05) is 69.7 Å². The Hall–Kier alpha value is -3.85. The Labute approximate surface area is 242 Å². The van der Waals surface area contributed by atoms with Crippen LogP contribution in [0.4, 0.5) is 21.0 Å². The van der Waals surface area contributed by atoms with Crippen molar-refractivity contribution in [3.63, 3.8) is 0 Å². The molecule has 2 aromatic rings. The summed E-state index contributed by atoms with van der Waals surface area (Å²) in [5.41, 5.74) is -2.42. The van der Waals surface area contributed by atoms with Gasteiger partial charge < -0.3 is 28.8 Å². The molecule has 228 valence electrons. The molecule has 0 bridgehead atoms. The number of rotatable bonds is 11. The Morgan fingerprint density at radius 1 is 0.780 bits per heavy atom. The van der Waals surface area contributed by atoms with Gasteiger partial charge in [0.05, 0.1) is 15.4 Å². The molecule has 0 saturated heterocycles. The Kier molecular flexibility index (Phi) is 16.8. The van der Waals surface area contributed by atoms with Crippen LogP contribution in [0.25, 0.3) is 0 Å². The third kappa shape index (κ3) is 19.0. The van der Waals surface area contributed by atoms with Gasteiger partial charge in [-0.3, -0.25) is 20.2 Å². The quantitative estimate of drug-likeness (QED) is 0.103. The van der Waals surface area contributed by atoms with Gasteiger partial charge in [0.15, 0.2) is 0 Å². The second-order valence-electron chi connectivity index (χ2n) is 9.35. The maximum absolute atomic E-state index is 11.6. The smallest absolute Gasteiger partial charge is 0.428 e. The number of aliphatic hydroxyl groups is 1. The molecule has 0 amide bonds. The van der Waals surface area contributed by atoms with Crippen molar-refractivity contribution >= 4 is 34.6 Å². The minimum absolute atomic E-state index is 0.0747. The average molecular weight is 603 g/mol. The molecule has 0 aromatic heterocycles. The standard InChI is InChI=1S/C13H17NO6.C7H4ClNO4.C6H14O2/c1-13(2,8-9-18-3)20-12(15)19-11-6-4-10(5-7-11)14(16)17;8-7(10)13-6-3-1-5(2-4-6)9(11)12;1-6(2,7)4-5-8-3/h4-7H,8-9H2,1-3H3;1-4H;7H,4-5H2,1-3H3. The molecular weight excluding hydrogens is 568 g/mol. The van der Waals surface area contributed by atoms with Crippen LogP contribution in [0.5, 0.6) is 11.5 Å². The fourth-order valence-corrected chi connectivity index (χ4v) is 2.55. The number of nitro groups is 2. The normalized spacial score (nSPS) is 10.6. The number of nitro benzene ring substituents is 2. The van der Waals surface area contributed by atoms with Gasteiger partial charge in [0.2, 0.25) is 0 Å². The molecule has 41 heavy (non-hydrogen) atoms. The highest BCUT2D eigenvalue weighted by atomic mass is 35.5. The highest BCUT2D eigenvalue weighted by Gasteiger charge is 2.24. The molecule has 0 unspecified atom stereocenters. The molecule has 0 aliphatic heterocycles. The highest BCUT2D eigenvalue weighted by Crippen LogP contribution is 2.20. The minimum Gasteiger partial charge on any atom is -0.428 e. The van der Waals surface area contributed by atoms with Crippen molar-refractivity contribution in [2.24, 2.45) is 0 Å². The lowest BCUT2D eigenvalue weighted by Gasteiger charge is -2.23. The summed E-state index contributed by atoms with van der Waals surface area (Å²) >= 11 is 4.92. The first-order valence-electron chi connectivity index (χ1n) is 12.0. The first-order valence-corrected chi connectivity index (χ1v) is 12.3. The van der Waals surface area contributed by atoms with Crippen LogP contribution in [0.1, 0.15) is 40.5 Å². The molecule has 2 aromatic carbocycles. The summed E-state index contributed by atoms with van der Waals surface area (Å²) in [6, 6.07) is 10.2. The van der Waals surface area contributed by atoms with Gasteiger partial charge in [0.1, 0.15) is 17.1 Å². The van der Waals surface area contributed by atoms with Crippen LogP contribution >= 0.6 is 11.6 Å². The van der Waals surface area contributed by atoms with Gasteiger partial charge in [0.25, 0.3) is 11.4 Å². The maximum atomic E-state index is 11.6. The van der Waals surface area contributed by atoms with E-state index >= 15 is 0 Å². The van der Waals surface area contributed by atoms with Crippen LogP contribution in [0.2, 0.25) is 0 Å². The van der Waals surface area contributed by atoms with Crippen LogP contribution in [-0.2, 0) is 14.2 Å². The average Bonchev–Trinajstić information content (AvgIpc) is 2.86. The molecule has 0 radical (unpaired) electrons. The summed E-state index contributed by atoms with van der Waals surface area (Å²) in [6.45, 7) is 8.10. The first-order chi connectivity index (χ1) is 19.0. The van der Waals surface area contributed by atoms with Crippen LogP contribution in [-0.4, -0.2) is 65.2 Å². The van der Waals surface area contributed by atoms with E-state index < -0.39 is 32.6 Å².